The second-order valence-corrected chi connectivity index (χ2v) is 7.70. The Bertz CT molecular complexity index is 985. The fourth-order valence-corrected chi connectivity index (χ4v) is 3.11. The van der Waals surface area contributed by atoms with Gasteiger partial charge in [-0.15, -0.1) is 0 Å². The van der Waals surface area contributed by atoms with Crippen molar-refractivity contribution < 1.29 is 17.6 Å². The number of sulfone groups is 1. The number of benzene rings is 2. The lowest BCUT2D eigenvalue weighted by Crippen LogP contribution is -2.23. The Morgan fingerprint density at radius 2 is 1.88 bits per heavy atom. The van der Waals surface area contributed by atoms with Crippen LogP contribution in [0.15, 0.2) is 57.8 Å². The monoisotopic (exact) mass is 343 g/mol. The Labute approximate surface area is 140 Å². The second-order valence-electron chi connectivity index (χ2n) is 5.68. The predicted molar refractivity (Wildman–Crippen MR) is 91.7 cm³/mol. The highest BCUT2D eigenvalue weighted by Gasteiger charge is 2.15. The average molecular weight is 343 g/mol. The molecule has 0 atom stereocenters. The molecule has 124 valence electrons. The number of amides is 1. The van der Waals surface area contributed by atoms with Crippen LogP contribution in [-0.4, -0.2) is 20.6 Å². The van der Waals surface area contributed by atoms with Crippen molar-refractivity contribution in [3.63, 3.8) is 0 Å². The van der Waals surface area contributed by atoms with Crippen LogP contribution >= 0.6 is 0 Å². The molecular weight excluding hydrogens is 326 g/mol. The van der Waals surface area contributed by atoms with Crippen LogP contribution in [-0.2, 0) is 16.4 Å². The van der Waals surface area contributed by atoms with Crippen molar-refractivity contribution in [2.75, 3.05) is 6.26 Å². The van der Waals surface area contributed by atoms with E-state index < -0.39 is 9.84 Å². The fraction of sp³-hybridized carbons (Fsp3) is 0.167. The highest BCUT2D eigenvalue weighted by molar-refractivity contribution is 7.90. The van der Waals surface area contributed by atoms with Gasteiger partial charge in [-0.25, -0.2) is 8.42 Å². The van der Waals surface area contributed by atoms with Crippen LogP contribution in [0.5, 0.6) is 0 Å². The maximum absolute atomic E-state index is 12.4. The zero-order valence-electron chi connectivity index (χ0n) is 13.4. The summed E-state index contributed by atoms with van der Waals surface area (Å²) < 4.78 is 29.0. The van der Waals surface area contributed by atoms with Crippen LogP contribution in [0.3, 0.4) is 0 Å². The molecule has 0 saturated heterocycles. The van der Waals surface area contributed by atoms with E-state index in [2.05, 4.69) is 5.32 Å². The van der Waals surface area contributed by atoms with Crippen LogP contribution in [0, 0.1) is 6.92 Å². The number of hydrogen-bond acceptors (Lipinski definition) is 4. The molecule has 3 rings (SSSR count). The summed E-state index contributed by atoms with van der Waals surface area (Å²) in [5.74, 6) is 0.305. The maximum atomic E-state index is 12.4. The first-order valence-corrected chi connectivity index (χ1v) is 9.30. The van der Waals surface area contributed by atoms with Gasteiger partial charge in [0.1, 0.15) is 11.3 Å². The molecule has 1 N–H and O–H groups in total. The van der Waals surface area contributed by atoms with Crippen LogP contribution in [0.4, 0.5) is 0 Å². The molecule has 0 saturated carbocycles. The van der Waals surface area contributed by atoms with E-state index in [9.17, 15) is 13.2 Å². The number of rotatable bonds is 4. The third-order valence-electron chi connectivity index (χ3n) is 3.78. The van der Waals surface area contributed by atoms with Gasteiger partial charge in [-0.1, -0.05) is 24.3 Å². The Hall–Kier alpha value is -2.60. The van der Waals surface area contributed by atoms with Gasteiger partial charge in [0.15, 0.2) is 9.84 Å². The number of fused-ring (bicyclic) bond motifs is 1. The first-order chi connectivity index (χ1) is 11.3. The van der Waals surface area contributed by atoms with Gasteiger partial charge in [-0.05, 0) is 36.8 Å². The molecular formula is C18H17NO4S. The Morgan fingerprint density at radius 3 is 2.58 bits per heavy atom. The summed E-state index contributed by atoms with van der Waals surface area (Å²) in [4.78, 5) is 12.5. The van der Waals surface area contributed by atoms with Gasteiger partial charge in [-0.3, -0.25) is 4.79 Å². The third-order valence-corrected chi connectivity index (χ3v) is 4.89. The summed E-state index contributed by atoms with van der Waals surface area (Å²) in [6, 6.07) is 14.0. The molecule has 1 aromatic heterocycles. The maximum Gasteiger partial charge on any atom is 0.251 e. The second kappa shape index (κ2) is 6.13. The van der Waals surface area contributed by atoms with E-state index in [0.717, 1.165) is 17.2 Å². The van der Waals surface area contributed by atoms with Gasteiger partial charge in [0, 0.05) is 17.2 Å². The number of aryl methyl sites for hydroxylation is 1. The van der Waals surface area contributed by atoms with Gasteiger partial charge >= 0.3 is 0 Å². The Kier molecular flexibility index (Phi) is 4.15. The molecule has 0 bridgehead atoms. The van der Waals surface area contributed by atoms with Crippen molar-refractivity contribution >= 4 is 26.7 Å². The standard InChI is InChI=1S/C18H17NO4S/c1-12-7-8-15(24(2,21)22)10-16(12)18(20)19-11-14-9-13-5-3-4-6-17(13)23-14/h3-10H,11H2,1-2H3,(H,19,20). The predicted octanol–water partition coefficient (Wildman–Crippen LogP) is 3.07. The summed E-state index contributed by atoms with van der Waals surface area (Å²) in [5.41, 5.74) is 1.82. The van der Waals surface area contributed by atoms with Gasteiger partial charge < -0.3 is 9.73 Å². The first kappa shape index (κ1) is 16.3. The summed E-state index contributed by atoms with van der Waals surface area (Å²) in [6.45, 7) is 2.00. The zero-order chi connectivity index (χ0) is 17.3. The molecule has 5 nitrogen and oxygen atoms in total. The topological polar surface area (TPSA) is 76.4 Å². The summed E-state index contributed by atoms with van der Waals surface area (Å²) in [6.07, 6.45) is 1.12. The normalized spacial score (nSPS) is 11.6. The Balaban J connectivity index is 1.79. The summed E-state index contributed by atoms with van der Waals surface area (Å²) in [7, 11) is -3.36. The van der Waals surface area contributed by atoms with Crippen molar-refractivity contribution in [2.24, 2.45) is 0 Å². The number of carbonyl (C=O) groups is 1. The molecule has 1 heterocycles. The minimum absolute atomic E-state index is 0.127. The van der Waals surface area contributed by atoms with E-state index >= 15 is 0 Å². The summed E-state index contributed by atoms with van der Waals surface area (Å²) >= 11 is 0. The van der Waals surface area contributed by atoms with Gasteiger partial charge in [0.2, 0.25) is 0 Å². The van der Waals surface area contributed by atoms with E-state index in [1.54, 1.807) is 13.0 Å². The molecule has 24 heavy (non-hydrogen) atoms. The highest BCUT2D eigenvalue weighted by Crippen LogP contribution is 2.19. The number of nitrogens with one attached hydrogen (secondary N) is 1. The van der Waals surface area contributed by atoms with E-state index in [-0.39, 0.29) is 17.3 Å². The molecule has 0 radical (unpaired) electrons. The number of carbonyl (C=O) groups excluding carboxylic acids is 1. The SMILES string of the molecule is Cc1ccc(S(C)(=O)=O)cc1C(=O)NCc1cc2ccccc2o1. The molecule has 1 amide bonds. The lowest BCUT2D eigenvalue weighted by molar-refractivity contribution is 0.0947. The van der Waals surface area contributed by atoms with Crippen LogP contribution in [0.2, 0.25) is 0 Å². The van der Waals surface area contributed by atoms with Gasteiger partial charge in [-0.2, -0.15) is 0 Å². The molecule has 3 aromatic rings. The van der Waals surface area contributed by atoms with Crippen molar-refractivity contribution in [1.29, 1.82) is 0 Å². The molecule has 0 fully saturated rings. The van der Waals surface area contributed by atoms with Crippen LogP contribution in [0.25, 0.3) is 11.0 Å². The first-order valence-electron chi connectivity index (χ1n) is 7.41. The molecule has 0 spiro atoms. The molecule has 0 aliphatic rings. The van der Waals surface area contributed by atoms with Crippen LogP contribution in [0.1, 0.15) is 21.7 Å². The van der Waals surface area contributed by atoms with Gasteiger partial charge in [0.25, 0.3) is 5.91 Å². The summed E-state index contributed by atoms with van der Waals surface area (Å²) in [5, 5.41) is 3.74. The third kappa shape index (κ3) is 3.33. The molecule has 0 unspecified atom stereocenters. The zero-order valence-corrected chi connectivity index (χ0v) is 14.2. The van der Waals surface area contributed by atoms with Gasteiger partial charge in [0.05, 0.1) is 11.4 Å². The fourth-order valence-electron chi connectivity index (χ4n) is 2.46. The lowest BCUT2D eigenvalue weighted by atomic mass is 10.1. The number of hydrogen-bond donors (Lipinski definition) is 1. The minimum Gasteiger partial charge on any atom is -0.459 e. The largest absolute Gasteiger partial charge is 0.459 e. The lowest BCUT2D eigenvalue weighted by Gasteiger charge is -2.08. The van der Waals surface area contributed by atoms with E-state index in [4.69, 9.17) is 4.42 Å². The Morgan fingerprint density at radius 1 is 1.12 bits per heavy atom. The number of para-hydroxylation sites is 1. The molecule has 0 aliphatic heterocycles. The van der Waals surface area contributed by atoms with Crippen molar-refractivity contribution in [3.8, 4) is 0 Å². The van der Waals surface area contributed by atoms with E-state index in [1.165, 1.54) is 12.1 Å². The molecule has 2 aromatic carbocycles. The quantitative estimate of drug-likeness (QED) is 0.790. The average Bonchev–Trinajstić information content (AvgIpc) is 2.94. The van der Waals surface area contributed by atoms with Crippen molar-refractivity contribution in [3.05, 3.63) is 65.4 Å². The van der Waals surface area contributed by atoms with E-state index in [0.29, 0.717) is 16.9 Å². The minimum atomic E-state index is -3.36. The van der Waals surface area contributed by atoms with Crippen molar-refractivity contribution in [1.82, 2.24) is 5.32 Å². The molecule has 0 aliphatic carbocycles. The molecule has 6 heteroatoms. The van der Waals surface area contributed by atoms with E-state index in [1.807, 2.05) is 30.3 Å². The highest BCUT2D eigenvalue weighted by atomic mass is 32.2. The number of furan rings is 1. The van der Waals surface area contributed by atoms with Crippen LogP contribution < -0.4 is 5.32 Å². The van der Waals surface area contributed by atoms with Crippen molar-refractivity contribution in [2.45, 2.75) is 18.4 Å². The smallest absolute Gasteiger partial charge is 0.251 e.